The van der Waals surface area contributed by atoms with E-state index in [1.165, 1.54) is 50.2 Å². The zero-order valence-corrected chi connectivity index (χ0v) is 43.9. The minimum absolute atomic E-state index is 0.0479. The van der Waals surface area contributed by atoms with E-state index in [4.69, 9.17) is 13.7 Å². The zero-order valence-electron chi connectivity index (χ0n) is 53.9. The highest BCUT2D eigenvalue weighted by Gasteiger charge is 2.21. The van der Waals surface area contributed by atoms with Gasteiger partial charge in [0.1, 0.15) is 21.1 Å². The Morgan fingerprint density at radius 2 is 0.740 bits per heavy atom. The van der Waals surface area contributed by atoms with Crippen molar-refractivity contribution in [3.8, 4) is 67.2 Å². The Hall–Kier alpha value is -7.23. The Morgan fingerprint density at radius 1 is 0.356 bits per heavy atom. The topological polar surface area (TPSA) is 11.6 Å². The predicted molar refractivity (Wildman–Crippen MR) is 306 cm³/mol. The SMILES string of the molecule is Cc1ccc(-c2cc[n+](C)c(-c3ccccc3C)c2)cc1C.[2H]C1([2H])CCC([2H])(c2cccc(-c3cc[n+](C)c(-c4ccccc4C)c3)c2)C1([2H])[2H].[2H]C1([2H])CCCC([2H])(c2cccc(-c3cc[n+](C)c(-c4ccccc4C)c3)c2)C1([2H])[2H]. The van der Waals surface area contributed by atoms with Crippen LogP contribution in [0.15, 0.2) is 195 Å². The summed E-state index contributed by atoms with van der Waals surface area (Å²) in [5, 5.41) is 0. The molecule has 0 spiro atoms. The van der Waals surface area contributed by atoms with Crippen molar-refractivity contribution >= 4 is 0 Å². The van der Waals surface area contributed by atoms with Crippen LogP contribution < -0.4 is 13.7 Å². The lowest BCUT2D eigenvalue weighted by Gasteiger charge is -2.22. The predicted octanol–water partition coefficient (Wildman–Crippen LogP) is 16.8. The van der Waals surface area contributed by atoms with Crippen molar-refractivity contribution < 1.29 is 27.4 Å². The highest BCUT2D eigenvalue weighted by Crippen LogP contribution is 2.37. The molecule has 6 aromatic carbocycles. The summed E-state index contributed by atoms with van der Waals surface area (Å²) < 4.78 is 90.4. The Balaban J connectivity index is 0.000000152. The maximum absolute atomic E-state index is 9.00. The van der Waals surface area contributed by atoms with Crippen LogP contribution in [0.2, 0.25) is 0 Å². The number of aromatic nitrogens is 3. The number of nitrogens with zero attached hydrogens (tertiary/aromatic N) is 3. The van der Waals surface area contributed by atoms with Crippen molar-refractivity contribution in [3.05, 3.63) is 233 Å². The van der Waals surface area contributed by atoms with Crippen LogP contribution in [0.4, 0.5) is 0 Å². The molecule has 0 amide bonds. The molecule has 3 nitrogen and oxygen atoms in total. The lowest BCUT2D eigenvalue weighted by molar-refractivity contribution is -0.660. The van der Waals surface area contributed by atoms with E-state index >= 15 is 0 Å². The van der Waals surface area contributed by atoms with Crippen LogP contribution in [0, 0.1) is 34.6 Å². The third-order valence-corrected chi connectivity index (χ3v) is 14.3. The quantitative estimate of drug-likeness (QED) is 0.135. The van der Waals surface area contributed by atoms with Crippen molar-refractivity contribution in [2.45, 2.75) is 104 Å². The van der Waals surface area contributed by atoms with E-state index < -0.39 is 37.3 Å². The Labute approximate surface area is 451 Å². The van der Waals surface area contributed by atoms with E-state index in [-0.39, 0.29) is 19.3 Å². The molecule has 0 N–H and O–H groups in total. The van der Waals surface area contributed by atoms with Gasteiger partial charge in [0.25, 0.3) is 0 Å². The second-order valence-electron chi connectivity index (χ2n) is 19.6. The van der Waals surface area contributed by atoms with Crippen LogP contribution in [0.3, 0.4) is 0 Å². The van der Waals surface area contributed by atoms with Gasteiger partial charge in [-0.25, -0.2) is 13.7 Å². The first-order valence-electron chi connectivity index (χ1n) is 30.7. The van der Waals surface area contributed by atoms with Crippen LogP contribution in [0.25, 0.3) is 67.2 Å². The van der Waals surface area contributed by atoms with Gasteiger partial charge in [0, 0.05) is 66.8 Å². The van der Waals surface area contributed by atoms with Crippen LogP contribution in [-0.2, 0) is 21.1 Å². The van der Waals surface area contributed by atoms with E-state index in [1.54, 1.807) is 12.1 Å². The molecule has 3 heterocycles. The molecule has 2 fully saturated rings. The van der Waals surface area contributed by atoms with Gasteiger partial charge >= 0.3 is 0 Å². The molecule has 11 rings (SSSR count). The first-order valence-corrected chi connectivity index (χ1v) is 25.7. The van der Waals surface area contributed by atoms with Crippen molar-refractivity contribution in [3.63, 3.8) is 0 Å². The van der Waals surface area contributed by atoms with E-state index in [1.807, 2.05) is 99.3 Å². The average molecular weight is 969 g/mol. The summed E-state index contributed by atoms with van der Waals surface area (Å²) in [4.78, 5) is 0. The Morgan fingerprint density at radius 3 is 1.15 bits per heavy atom. The Kier molecular flexibility index (Phi) is 12.7. The standard InChI is InChI=1S/C25H28N.C24H26N.C21H22N/c1-19-9-6-7-14-24(19)25-18-23(15-16-26(25)2)22-13-8-12-21(17-22)20-10-4-3-5-11-20;1-18-8-3-6-13-23(18)24-17-22(14-15-25(24)2)21-12-7-11-20(16-21)19-9-4-5-10-19;1-15-9-10-18(13-17(15)3)19-11-12-22(4)21(14-19)20-8-6-5-7-16(20)2/h6-9,12-18,20H,3-5,10-11H2,1-2H3;3,6-8,11-17,19H,4-5,9-10H2,1-2H3;5-14H,1-4H3/q3*+1/i4D2,10D2,20D;4D2,9D2,19D;. The molecule has 2 aliphatic carbocycles. The molecule has 73 heavy (non-hydrogen) atoms. The molecule has 3 aromatic heterocycles. The fraction of sp³-hybridized carbons (Fsp3) is 0.271. The summed E-state index contributed by atoms with van der Waals surface area (Å²) in [6.45, 7) is 10.7. The Bertz CT molecular complexity index is 3850. The molecule has 368 valence electrons. The average Bonchev–Trinajstić information content (AvgIpc) is 3.01. The van der Waals surface area contributed by atoms with E-state index in [9.17, 15) is 0 Å². The van der Waals surface area contributed by atoms with Gasteiger partial charge in [0.05, 0.1) is 0 Å². The lowest BCUT2D eigenvalue weighted by Crippen LogP contribution is -2.30. The highest BCUT2D eigenvalue weighted by molar-refractivity contribution is 5.73. The third-order valence-electron chi connectivity index (χ3n) is 14.3. The monoisotopic (exact) mass is 969 g/mol. The third kappa shape index (κ3) is 12.2. The van der Waals surface area contributed by atoms with Crippen LogP contribution in [-0.4, -0.2) is 0 Å². The van der Waals surface area contributed by atoms with E-state index in [2.05, 4.69) is 153 Å². The molecule has 2 unspecified atom stereocenters. The lowest BCUT2D eigenvalue weighted by atomic mass is 9.83. The largest absolute Gasteiger partial charge is 0.213 e. The van der Waals surface area contributed by atoms with Gasteiger partial charge in [-0.2, -0.15) is 0 Å². The van der Waals surface area contributed by atoms with Gasteiger partial charge in [-0.3, -0.25) is 0 Å². The molecule has 0 aliphatic heterocycles. The normalized spacial score (nSPS) is 22.0. The van der Waals surface area contributed by atoms with Crippen molar-refractivity contribution in [2.75, 3.05) is 0 Å². The van der Waals surface area contributed by atoms with Crippen LogP contribution >= 0.6 is 0 Å². The molecular formula is C70H76N3+3. The van der Waals surface area contributed by atoms with Gasteiger partial charge in [-0.05, 0) is 163 Å². The second-order valence-corrected chi connectivity index (χ2v) is 19.6. The van der Waals surface area contributed by atoms with Crippen LogP contribution in [0.5, 0.6) is 0 Å². The molecule has 3 heteroatoms. The van der Waals surface area contributed by atoms with Crippen molar-refractivity contribution in [2.24, 2.45) is 21.1 Å². The first kappa shape index (κ1) is 39.3. The maximum atomic E-state index is 9.00. The fourth-order valence-electron chi connectivity index (χ4n) is 9.76. The first-order chi connectivity index (χ1) is 39.2. The summed E-state index contributed by atoms with van der Waals surface area (Å²) in [5.74, 6) is -3.23. The number of aryl methyl sites for hydroxylation is 8. The molecule has 2 aliphatic rings. The highest BCUT2D eigenvalue weighted by atomic mass is 14.9. The maximum Gasteiger partial charge on any atom is 0.213 e. The van der Waals surface area contributed by atoms with Crippen LogP contribution in [0.1, 0.15) is 122 Å². The number of benzene rings is 6. The van der Waals surface area contributed by atoms with Gasteiger partial charge < -0.3 is 0 Å². The molecule has 0 saturated heterocycles. The van der Waals surface area contributed by atoms with Gasteiger partial charge in [-0.1, -0.05) is 153 Å². The van der Waals surface area contributed by atoms with Gasteiger partial charge in [-0.15, -0.1) is 0 Å². The zero-order chi connectivity index (χ0) is 59.9. The number of pyridine rings is 3. The number of hydrogen-bond acceptors (Lipinski definition) is 0. The van der Waals surface area contributed by atoms with E-state index in [0.29, 0.717) is 24.0 Å². The van der Waals surface area contributed by atoms with Crippen molar-refractivity contribution in [1.82, 2.24) is 0 Å². The molecule has 0 radical (unpaired) electrons. The molecule has 2 atom stereocenters. The molecular weight excluding hydrogens is 883 g/mol. The minimum Gasteiger partial charge on any atom is -0.201 e. The fourth-order valence-corrected chi connectivity index (χ4v) is 9.76. The summed E-state index contributed by atoms with van der Waals surface area (Å²) in [7, 11) is 6.13. The number of hydrogen-bond donors (Lipinski definition) is 0. The minimum atomic E-state index is -2.27. The summed E-state index contributed by atoms with van der Waals surface area (Å²) in [6, 6.07) is 59.3. The smallest absolute Gasteiger partial charge is 0.201 e. The summed E-state index contributed by atoms with van der Waals surface area (Å²) in [5.41, 5.74) is 20.7. The summed E-state index contributed by atoms with van der Waals surface area (Å²) in [6.07, 6.45) is -1.24. The van der Waals surface area contributed by atoms with Gasteiger partial charge in [0.15, 0.2) is 18.6 Å². The molecule has 0 bridgehead atoms. The van der Waals surface area contributed by atoms with Crippen molar-refractivity contribution in [1.29, 1.82) is 0 Å². The molecule has 9 aromatic rings. The van der Waals surface area contributed by atoms with Gasteiger partial charge in [0.2, 0.25) is 17.1 Å². The summed E-state index contributed by atoms with van der Waals surface area (Å²) >= 11 is 0. The van der Waals surface area contributed by atoms with E-state index in [0.717, 1.165) is 44.8 Å². The number of rotatable bonds is 8. The second kappa shape index (κ2) is 23.5. The molecule has 2 saturated carbocycles.